The van der Waals surface area contributed by atoms with Crippen LogP contribution < -0.4 is 5.73 Å². The van der Waals surface area contributed by atoms with Gasteiger partial charge in [-0.25, -0.2) is 0 Å². The molecule has 1 saturated heterocycles. The molecular weight excluding hydrogens is 193 g/mol. The zero-order valence-corrected chi connectivity index (χ0v) is 6.54. The Morgan fingerprint density at radius 2 is 2.33 bits per heavy atom. The van der Waals surface area contributed by atoms with E-state index < -0.39 is 8.25 Å². The predicted molar refractivity (Wildman–Crippen MR) is 28.6 cm³/mol. The Morgan fingerprint density at radius 3 is 2.67 bits per heavy atom. The Hall–Kier alpha value is 0.629. The maximum absolute atomic E-state index is 10.3. The van der Waals surface area contributed by atoms with Crippen molar-refractivity contribution < 1.29 is 30.7 Å². The summed E-state index contributed by atoms with van der Waals surface area (Å²) < 4.78 is 19.5. The van der Waals surface area contributed by atoms with E-state index in [9.17, 15) is 4.57 Å². The van der Waals surface area contributed by atoms with Gasteiger partial charge in [-0.15, -0.1) is 0 Å². The standard InChI is InChI=1S/C3H8NO3P.Cu/c4-3-1-2-6-8(5)7-3;/h3,8H,1-2,4H2;. The molecule has 1 rings (SSSR count). The molecule has 1 radical (unpaired) electrons. The van der Waals surface area contributed by atoms with E-state index in [0.717, 1.165) is 0 Å². The molecule has 0 aromatic rings. The summed E-state index contributed by atoms with van der Waals surface area (Å²) in [5, 5.41) is 0. The first kappa shape index (κ1) is 9.63. The van der Waals surface area contributed by atoms with Gasteiger partial charge < -0.3 is 10.3 Å². The summed E-state index contributed by atoms with van der Waals surface area (Å²) in [6.07, 6.45) is 0.256. The molecule has 4 nitrogen and oxygen atoms in total. The van der Waals surface area contributed by atoms with Gasteiger partial charge in [-0.2, -0.15) is 0 Å². The van der Waals surface area contributed by atoms with Crippen LogP contribution in [0.4, 0.5) is 0 Å². The Labute approximate surface area is 64.5 Å². The minimum Gasteiger partial charge on any atom is -0.310 e. The smallest absolute Gasteiger partial charge is 0.310 e. The summed E-state index contributed by atoms with van der Waals surface area (Å²) in [5.41, 5.74) is 5.25. The molecule has 6 heteroatoms. The molecule has 59 valence electrons. The molecule has 0 saturated carbocycles. The fourth-order valence-electron chi connectivity index (χ4n) is 0.475. The first-order chi connectivity index (χ1) is 3.79. The topological polar surface area (TPSA) is 61.5 Å². The van der Waals surface area contributed by atoms with Crippen LogP contribution in [-0.2, 0) is 30.7 Å². The Kier molecular flexibility index (Phi) is 4.76. The summed E-state index contributed by atoms with van der Waals surface area (Å²) in [6.45, 7) is 0.457. The first-order valence-corrected chi connectivity index (χ1v) is 3.60. The van der Waals surface area contributed by atoms with Gasteiger partial charge in [0.25, 0.3) is 0 Å². The van der Waals surface area contributed by atoms with Crippen molar-refractivity contribution in [2.45, 2.75) is 12.6 Å². The third-order valence-electron chi connectivity index (χ3n) is 0.870. The SMILES string of the molecule is NC1CCO[PH](=O)O1.[Cu]. The van der Waals surface area contributed by atoms with Crippen LogP contribution >= 0.6 is 8.25 Å². The maximum atomic E-state index is 10.3. The van der Waals surface area contributed by atoms with Crippen molar-refractivity contribution >= 4 is 8.25 Å². The summed E-state index contributed by atoms with van der Waals surface area (Å²) in [4.78, 5) is 0. The van der Waals surface area contributed by atoms with E-state index in [4.69, 9.17) is 5.73 Å². The molecule has 2 N–H and O–H groups in total. The van der Waals surface area contributed by atoms with Crippen LogP contribution in [0, 0.1) is 0 Å². The van der Waals surface area contributed by atoms with E-state index in [2.05, 4.69) is 9.05 Å². The average Bonchev–Trinajstić information content (AvgIpc) is 1.64. The third kappa shape index (κ3) is 3.36. The second-order valence-corrected chi connectivity index (χ2v) is 2.57. The van der Waals surface area contributed by atoms with E-state index >= 15 is 0 Å². The summed E-state index contributed by atoms with van der Waals surface area (Å²) in [6, 6.07) is 0. The molecule has 1 fully saturated rings. The first-order valence-electron chi connectivity index (χ1n) is 2.38. The molecule has 0 aromatic heterocycles. The Bertz CT molecular complexity index is 111. The molecule has 0 amide bonds. The predicted octanol–water partition coefficient (Wildman–Crippen LogP) is 0.0953. The maximum Gasteiger partial charge on any atom is 0.320 e. The van der Waals surface area contributed by atoms with E-state index in [-0.39, 0.29) is 23.3 Å². The van der Waals surface area contributed by atoms with Gasteiger partial charge in [0.15, 0.2) is 0 Å². The van der Waals surface area contributed by atoms with Gasteiger partial charge in [0, 0.05) is 23.5 Å². The summed E-state index contributed by atoms with van der Waals surface area (Å²) in [5.74, 6) is 0. The van der Waals surface area contributed by atoms with Crippen molar-refractivity contribution in [2.75, 3.05) is 6.61 Å². The molecule has 1 aliphatic heterocycles. The second kappa shape index (κ2) is 4.45. The molecule has 1 heterocycles. The molecule has 0 bridgehead atoms. The number of rotatable bonds is 0. The van der Waals surface area contributed by atoms with E-state index in [1.54, 1.807) is 0 Å². The van der Waals surface area contributed by atoms with Gasteiger partial charge in [0.2, 0.25) is 0 Å². The van der Waals surface area contributed by atoms with Crippen LogP contribution in [0.5, 0.6) is 0 Å². The molecule has 9 heavy (non-hydrogen) atoms. The zero-order chi connectivity index (χ0) is 5.98. The minimum absolute atomic E-state index is 0. The van der Waals surface area contributed by atoms with Crippen molar-refractivity contribution in [3.8, 4) is 0 Å². The van der Waals surface area contributed by atoms with Crippen LogP contribution in [-0.4, -0.2) is 12.8 Å². The fraction of sp³-hybridized carbons (Fsp3) is 1.00. The monoisotopic (exact) mass is 200 g/mol. The molecular formula is C3H8CuNO3P. The Balaban J connectivity index is 0.000000640. The minimum atomic E-state index is -2.22. The molecule has 0 spiro atoms. The van der Waals surface area contributed by atoms with Crippen molar-refractivity contribution in [1.29, 1.82) is 0 Å². The van der Waals surface area contributed by atoms with Gasteiger partial charge >= 0.3 is 8.25 Å². The summed E-state index contributed by atoms with van der Waals surface area (Å²) >= 11 is 0. The van der Waals surface area contributed by atoms with E-state index in [1.807, 2.05) is 0 Å². The molecule has 1 aliphatic rings. The van der Waals surface area contributed by atoms with Gasteiger partial charge in [-0.3, -0.25) is 9.09 Å². The van der Waals surface area contributed by atoms with Crippen LogP contribution in [0.15, 0.2) is 0 Å². The van der Waals surface area contributed by atoms with Crippen molar-refractivity contribution in [1.82, 2.24) is 0 Å². The fourth-order valence-corrected chi connectivity index (χ4v) is 1.19. The van der Waals surface area contributed by atoms with Gasteiger partial charge in [-0.05, 0) is 0 Å². The number of hydrogen-bond donors (Lipinski definition) is 1. The van der Waals surface area contributed by atoms with Gasteiger partial charge in [0.05, 0.1) is 6.61 Å². The van der Waals surface area contributed by atoms with E-state index in [1.165, 1.54) is 0 Å². The van der Waals surface area contributed by atoms with Crippen molar-refractivity contribution in [3.05, 3.63) is 0 Å². The van der Waals surface area contributed by atoms with Gasteiger partial charge in [0.1, 0.15) is 6.23 Å². The molecule has 2 unspecified atom stereocenters. The number of nitrogens with two attached hydrogens (primary N) is 1. The summed E-state index contributed by atoms with van der Waals surface area (Å²) in [7, 11) is -2.22. The van der Waals surface area contributed by atoms with Gasteiger partial charge in [-0.1, -0.05) is 0 Å². The third-order valence-corrected chi connectivity index (χ3v) is 1.80. The number of hydrogen-bond acceptors (Lipinski definition) is 4. The van der Waals surface area contributed by atoms with Crippen molar-refractivity contribution in [2.24, 2.45) is 5.73 Å². The second-order valence-electron chi connectivity index (χ2n) is 1.54. The molecule has 0 aliphatic carbocycles. The van der Waals surface area contributed by atoms with Crippen LogP contribution in [0.1, 0.15) is 6.42 Å². The molecule has 2 atom stereocenters. The zero-order valence-electron chi connectivity index (χ0n) is 4.60. The average molecular weight is 201 g/mol. The van der Waals surface area contributed by atoms with Crippen LogP contribution in [0.2, 0.25) is 0 Å². The van der Waals surface area contributed by atoms with E-state index in [0.29, 0.717) is 13.0 Å². The van der Waals surface area contributed by atoms with Crippen LogP contribution in [0.25, 0.3) is 0 Å². The molecule has 0 aromatic carbocycles. The largest absolute Gasteiger partial charge is 0.320 e. The van der Waals surface area contributed by atoms with Crippen molar-refractivity contribution in [3.63, 3.8) is 0 Å². The normalized spacial score (nSPS) is 35.2. The van der Waals surface area contributed by atoms with Crippen LogP contribution in [0.3, 0.4) is 0 Å². The Morgan fingerprint density at radius 1 is 1.67 bits per heavy atom. The quantitative estimate of drug-likeness (QED) is 0.445.